The Morgan fingerprint density at radius 2 is 2.24 bits per heavy atom. The number of benzene rings is 1. The molecule has 0 bridgehead atoms. The van der Waals surface area contributed by atoms with E-state index in [0.717, 1.165) is 12.8 Å². The molecule has 1 aliphatic carbocycles. The Morgan fingerprint density at radius 1 is 1.53 bits per heavy atom. The second kappa shape index (κ2) is 4.83. The number of halogens is 3. The Labute approximate surface area is 112 Å². The first-order valence-electron chi connectivity index (χ1n) is 5.21. The lowest BCUT2D eigenvalue weighted by Crippen LogP contribution is -2.12. The van der Waals surface area contributed by atoms with Crippen LogP contribution < -0.4 is 4.74 Å². The maximum Gasteiger partial charge on any atom is 0.145 e. The Kier molecular flexibility index (Phi) is 3.60. The standard InChI is InChI=1S/C12H10BrClFNO/c13-8-5-9(14)10(15)6-11(8)17-7-12(1-2-12)3-4-16/h5-6H,1-3,7H2. The van der Waals surface area contributed by atoms with Gasteiger partial charge < -0.3 is 4.74 Å². The molecule has 0 aromatic heterocycles. The first kappa shape index (κ1) is 12.7. The molecule has 1 aromatic carbocycles. The van der Waals surface area contributed by atoms with Crippen molar-refractivity contribution in [2.45, 2.75) is 19.3 Å². The topological polar surface area (TPSA) is 33.0 Å². The van der Waals surface area contributed by atoms with Crippen molar-refractivity contribution < 1.29 is 9.13 Å². The summed E-state index contributed by atoms with van der Waals surface area (Å²) in [5, 5.41) is 8.74. The van der Waals surface area contributed by atoms with Gasteiger partial charge in [0.25, 0.3) is 0 Å². The Hall–Kier alpha value is -0.790. The van der Waals surface area contributed by atoms with Crippen LogP contribution in [0.25, 0.3) is 0 Å². The van der Waals surface area contributed by atoms with E-state index in [0.29, 0.717) is 23.2 Å². The van der Waals surface area contributed by atoms with Gasteiger partial charge in [-0.3, -0.25) is 0 Å². The highest BCUT2D eigenvalue weighted by Gasteiger charge is 2.43. The maximum absolute atomic E-state index is 13.3. The van der Waals surface area contributed by atoms with Crippen molar-refractivity contribution >= 4 is 27.5 Å². The summed E-state index contributed by atoms with van der Waals surface area (Å²) in [7, 11) is 0. The molecule has 0 heterocycles. The van der Waals surface area contributed by atoms with Crippen molar-refractivity contribution in [3.63, 3.8) is 0 Å². The van der Waals surface area contributed by atoms with Gasteiger partial charge in [-0.25, -0.2) is 4.39 Å². The molecule has 17 heavy (non-hydrogen) atoms. The fourth-order valence-corrected chi connectivity index (χ4v) is 2.32. The molecule has 0 unspecified atom stereocenters. The van der Waals surface area contributed by atoms with Gasteiger partial charge in [0.1, 0.15) is 11.6 Å². The minimum absolute atomic E-state index is 0.0235. The molecule has 0 saturated heterocycles. The van der Waals surface area contributed by atoms with Gasteiger partial charge in [-0.2, -0.15) is 5.26 Å². The van der Waals surface area contributed by atoms with Crippen molar-refractivity contribution in [1.29, 1.82) is 5.26 Å². The van der Waals surface area contributed by atoms with Gasteiger partial charge in [0.15, 0.2) is 0 Å². The fourth-order valence-electron chi connectivity index (χ4n) is 1.56. The molecule has 1 fully saturated rings. The average Bonchev–Trinajstić information content (AvgIpc) is 3.03. The summed E-state index contributed by atoms with van der Waals surface area (Å²) in [6.45, 7) is 0.445. The molecule has 0 radical (unpaired) electrons. The predicted octanol–water partition coefficient (Wildman–Crippen LogP) is 4.31. The summed E-state index contributed by atoms with van der Waals surface area (Å²) >= 11 is 8.90. The van der Waals surface area contributed by atoms with Crippen LogP contribution in [0.5, 0.6) is 5.75 Å². The van der Waals surface area contributed by atoms with Crippen LogP contribution in [0, 0.1) is 22.6 Å². The number of nitriles is 1. The van der Waals surface area contributed by atoms with Crippen LogP contribution >= 0.6 is 27.5 Å². The smallest absolute Gasteiger partial charge is 0.145 e. The minimum Gasteiger partial charge on any atom is -0.492 e. The highest BCUT2D eigenvalue weighted by Crippen LogP contribution is 2.49. The molecule has 1 aromatic rings. The highest BCUT2D eigenvalue weighted by atomic mass is 79.9. The molecule has 90 valence electrons. The van der Waals surface area contributed by atoms with Crippen molar-refractivity contribution in [1.82, 2.24) is 0 Å². The van der Waals surface area contributed by atoms with Gasteiger partial charge >= 0.3 is 0 Å². The van der Waals surface area contributed by atoms with E-state index in [-0.39, 0.29) is 10.4 Å². The van der Waals surface area contributed by atoms with E-state index >= 15 is 0 Å². The number of rotatable bonds is 4. The first-order valence-corrected chi connectivity index (χ1v) is 6.38. The Morgan fingerprint density at radius 3 is 2.82 bits per heavy atom. The second-order valence-electron chi connectivity index (χ2n) is 4.32. The van der Waals surface area contributed by atoms with Gasteiger partial charge in [0.05, 0.1) is 22.2 Å². The third-order valence-electron chi connectivity index (χ3n) is 2.92. The largest absolute Gasteiger partial charge is 0.492 e. The third-order valence-corrected chi connectivity index (χ3v) is 3.83. The predicted molar refractivity (Wildman–Crippen MR) is 66.5 cm³/mol. The normalized spacial score (nSPS) is 16.4. The number of ether oxygens (including phenoxy) is 1. The molecule has 2 rings (SSSR count). The van der Waals surface area contributed by atoms with Gasteiger partial charge in [-0.1, -0.05) is 11.6 Å². The maximum atomic E-state index is 13.3. The van der Waals surface area contributed by atoms with E-state index < -0.39 is 5.82 Å². The average molecular weight is 319 g/mol. The zero-order chi connectivity index (χ0) is 12.5. The minimum atomic E-state index is -0.505. The molecule has 1 saturated carbocycles. The summed E-state index contributed by atoms with van der Waals surface area (Å²) in [6.07, 6.45) is 2.48. The van der Waals surface area contributed by atoms with Crippen LogP contribution in [-0.4, -0.2) is 6.61 Å². The van der Waals surface area contributed by atoms with Crippen LogP contribution in [0.4, 0.5) is 4.39 Å². The molecule has 0 spiro atoms. The van der Waals surface area contributed by atoms with E-state index in [1.807, 2.05) is 0 Å². The molecule has 0 atom stereocenters. The van der Waals surface area contributed by atoms with E-state index in [4.69, 9.17) is 21.6 Å². The van der Waals surface area contributed by atoms with Crippen LogP contribution in [0.3, 0.4) is 0 Å². The van der Waals surface area contributed by atoms with Crippen LogP contribution in [0.2, 0.25) is 5.02 Å². The lowest BCUT2D eigenvalue weighted by Gasteiger charge is -2.14. The second-order valence-corrected chi connectivity index (χ2v) is 5.58. The van der Waals surface area contributed by atoms with Gasteiger partial charge in [0, 0.05) is 17.9 Å². The molecule has 5 heteroatoms. The Balaban J connectivity index is 2.05. The van der Waals surface area contributed by atoms with E-state index in [2.05, 4.69) is 22.0 Å². The molecule has 2 nitrogen and oxygen atoms in total. The molecular weight excluding hydrogens is 308 g/mol. The van der Waals surface area contributed by atoms with E-state index in [1.165, 1.54) is 12.1 Å². The first-order chi connectivity index (χ1) is 8.06. The summed E-state index contributed by atoms with van der Waals surface area (Å²) in [6, 6.07) is 4.88. The van der Waals surface area contributed by atoms with E-state index in [1.54, 1.807) is 0 Å². The van der Waals surface area contributed by atoms with Crippen LogP contribution in [0.15, 0.2) is 16.6 Å². The van der Waals surface area contributed by atoms with Gasteiger partial charge in [-0.05, 0) is 34.8 Å². The fraction of sp³-hybridized carbons (Fsp3) is 0.417. The summed E-state index contributed by atoms with van der Waals surface area (Å²) in [4.78, 5) is 0. The van der Waals surface area contributed by atoms with Crippen molar-refractivity contribution in [3.05, 3.63) is 27.4 Å². The molecule has 0 amide bonds. The molecule has 0 aliphatic heterocycles. The SMILES string of the molecule is N#CCC1(COc2cc(F)c(Cl)cc2Br)CC1. The lowest BCUT2D eigenvalue weighted by molar-refractivity contribution is 0.234. The van der Waals surface area contributed by atoms with Gasteiger partial charge in [-0.15, -0.1) is 0 Å². The highest BCUT2D eigenvalue weighted by molar-refractivity contribution is 9.10. The quantitative estimate of drug-likeness (QED) is 0.775. The number of hydrogen-bond donors (Lipinski definition) is 0. The van der Waals surface area contributed by atoms with Crippen molar-refractivity contribution in [2.75, 3.05) is 6.61 Å². The zero-order valence-corrected chi connectivity index (χ0v) is 11.3. The molecule has 0 N–H and O–H groups in total. The summed E-state index contributed by atoms with van der Waals surface area (Å²) < 4.78 is 19.4. The third kappa shape index (κ3) is 2.91. The molecule has 1 aliphatic rings. The van der Waals surface area contributed by atoms with Crippen LogP contribution in [-0.2, 0) is 0 Å². The molecular formula is C12H10BrClFNO. The number of hydrogen-bond acceptors (Lipinski definition) is 2. The van der Waals surface area contributed by atoms with Crippen molar-refractivity contribution in [2.24, 2.45) is 5.41 Å². The number of nitrogens with zero attached hydrogens (tertiary/aromatic N) is 1. The summed E-state index contributed by atoms with van der Waals surface area (Å²) in [5.74, 6) is -0.0777. The summed E-state index contributed by atoms with van der Waals surface area (Å²) in [5.41, 5.74) is -0.0235. The van der Waals surface area contributed by atoms with Crippen LogP contribution in [0.1, 0.15) is 19.3 Å². The lowest BCUT2D eigenvalue weighted by atomic mass is 10.1. The van der Waals surface area contributed by atoms with Gasteiger partial charge in [0.2, 0.25) is 0 Å². The van der Waals surface area contributed by atoms with E-state index in [9.17, 15) is 4.39 Å². The monoisotopic (exact) mass is 317 g/mol. The Bertz CT molecular complexity index is 482. The zero-order valence-electron chi connectivity index (χ0n) is 8.97. The van der Waals surface area contributed by atoms with Crippen molar-refractivity contribution in [3.8, 4) is 11.8 Å².